The average molecular weight is 444 g/mol. The van der Waals surface area contributed by atoms with E-state index in [1.165, 1.54) is 11.1 Å². The molecule has 1 aliphatic rings. The van der Waals surface area contributed by atoms with Gasteiger partial charge in [0.05, 0.1) is 0 Å². The molecular formula is C18H29IN4O. The van der Waals surface area contributed by atoms with E-state index < -0.39 is 0 Å². The molecule has 1 aliphatic heterocycles. The lowest BCUT2D eigenvalue weighted by Gasteiger charge is -2.20. The number of rotatable bonds is 6. The molecule has 2 rings (SSSR count). The molecule has 2 N–H and O–H groups in total. The lowest BCUT2D eigenvalue weighted by atomic mass is 10.1. The van der Waals surface area contributed by atoms with Gasteiger partial charge in [-0.3, -0.25) is 9.79 Å². The average Bonchev–Trinajstić information content (AvgIpc) is 2.97. The van der Waals surface area contributed by atoms with Crippen LogP contribution >= 0.6 is 24.0 Å². The monoisotopic (exact) mass is 444 g/mol. The number of amides is 1. The fourth-order valence-corrected chi connectivity index (χ4v) is 2.67. The standard InChI is InChI=1S/C18H28N4O.HI/c1-4-14(2)21-18(19-3)20-12-15-8-5-6-9-16(15)13-22-11-7-10-17(22)23;/h5-6,8-9,14H,4,7,10-13H2,1-3H3,(H2,19,20,21);1H. The molecule has 0 aromatic heterocycles. The molecule has 1 unspecified atom stereocenters. The maximum atomic E-state index is 11.8. The third kappa shape index (κ3) is 5.96. The number of hydrogen-bond donors (Lipinski definition) is 2. The molecule has 6 heteroatoms. The largest absolute Gasteiger partial charge is 0.354 e. The summed E-state index contributed by atoms with van der Waals surface area (Å²) in [5.41, 5.74) is 2.41. The first kappa shape index (κ1) is 20.7. The van der Waals surface area contributed by atoms with E-state index in [1.54, 1.807) is 7.05 Å². The van der Waals surface area contributed by atoms with Crippen LogP contribution in [0.1, 0.15) is 44.2 Å². The minimum absolute atomic E-state index is 0. The molecule has 1 heterocycles. The van der Waals surface area contributed by atoms with Crippen LogP contribution in [0.4, 0.5) is 0 Å². The van der Waals surface area contributed by atoms with Gasteiger partial charge in [-0.05, 0) is 30.9 Å². The van der Waals surface area contributed by atoms with Crippen LogP contribution in [-0.2, 0) is 17.9 Å². The van der Waals surface area contributed by atoms with Crippen molar-refractivity contribution in [3.05, 3.63) is 35.4 Å². The highest BCUT2D eigenvalue weighted by atomic mass is 127. The Bertz CT molecular complexity index is 562. The first-order valence-electron chi connectivity index (χ1n) is 8.45. The molecule has 0 radical (unpaired) electrons. The predicted octanol–water partition coefficient (Wildman–Crippen LogP) is 2.89. The van der Waals surface area contributed by atoms with Gasteiger partial charge >= 0.3 is 0 Å². The maximum Gasteiger partial charge on any atom is 0.222 e. The molecule has 24 heavy (non-hydrogen) atoms. The SMILES string of the molecule is CCC(C)NC(=NC)NCc1ccccc1CN1CCCC1=O.I. The number of halogens is 1. The number of aliphatic imine (C=N–C) groups is 1. The lowest BCUT2D eigenvalue weighted by Crippen LogP contribution is -2.41. The highest BCUT2D eigenvalue weighted by molar-refractivity contribution is 14.0. The number of nitrogens with one attached hydrogen (secondary N) is 2. The fourth-order valence-electron chi connectivity index (χ4n) is 2.67. The van der Waals surface area contributed by atoms with Gasteiger partial charge in [0.15, 0.2) is 5.96 Å². The molecule has 134 valence electrons. The van der Waals surface area contributed by atoms with E-state index in [2.05, 4.69) is 41.6 Å². The molecule has 1 fully saturated rings. The first-order valence-corrected chi connectivity index (χ1v) is 8.45. The minimum atomic E-state index is 0. The molecule has 5 nitrogen and oxygen atoms in total. The normalized spacial score (nSPS) is 15.9. The van der Waals surface area contributed by atoms with Crippen molar-refractivity contribution in [3.8, 4) is 0 Å². The van der Waals surface area contributed by atoms with Crippen LogP contribution in [0.25, 0.3) is 0 Å². The summed E-state index contributed by atoms with van der Waals surface area (Å²) in [6.07, 6.45) is 2.71. The van der Waals surface area contributed by atoms with Crippen LogP contribution in [0.2, 0.25) is 0 Å². The topological polar surface area (TPSA) is 56.7 Å². The van der Waals surface area contributed by atoms with Crippen LogP contribution in [-0.4, -0.2) is 36.4 Å². The van der Waals surface area contributed by atoms with E-state index in [0.29, 0.717) is 25.6 Å². The van der Waals surface area contributed by atoms with Crippen LogP contribution in [0.5, 0.6) is 0 Å². The Hall–Kier alpha value is -1.31. The summed E-state index contributed by atoms with van der Waals surface area (Å²) < 4.78 is 0. The summed E-state index contributed by atoms with van der Waals surface area (Å²) in [6, 6.07) is 8.68. The smallest absolute Gasteiger partial charge is 0.222 e. The van der Waals surface area contributed by atoms with Gasteiger partial charge in [0.25, 0.3) is 0 Å². The zero-order valence-electron chi connectivity index (χ0n) is 14.8. The van der Waals surface area contributed by atoms with Gasteiger partial charge < -0.3 is 15.5 Å². The van der Waals surface area contributed by atoms with Crippen LogP contribution in [0.15, 0.2) is 29.3 Å². The molecule has 1 amide bonds. The fraction of sp³-hybridized carbons (Fsp3) is 0.556. The molecule has 1 aromatic rings. The molecule has 0 aliphatic carbocycles. The Morgan fingerprint density at radius 1 is 1.33 bits per heavy atom. The number of carbonyl (C=O) groups excluding carboxylic acids is 1. The zero-order valence-corrected chi connectivity index (χ0v) is 17.2. The van der Waals surface area contributed by atoms with Crippen LogP contribution < -0.4 is 10.6 Å². The summed E-state index contributed by atoms with van der Waals surface area (Å²) >= 11 is 0. The van der Waals surface area contributed by atoms with E-state index in [0.717, 1.165) is 25.3 Å². The summed E-state index contributed by atoms with van der Waals surface area (Å²) in [5.74, 6) is 1.08. The second-order valence-electron chi connectivity index (χ2n) is 6.07. The van der Waals surface area contributed by atoms with Gasteiger partial charge in [-0.25, -0.2) is 0 Å². The number of nitrogens with zero attached hydrogens (tertiary/aromatic N) is 2. The number of carbonyl (C=O) groups is 1. The van der Waals surface area contributed by atoms with Crippen molar-refractivity contribution in [2.24, 2.45) is 4.99 Å². The maximum absolute atomic E-state index is 11.8. The van der Waals surface area contributed by atoms with Gasteiger partial charge in [0, 0.05) is 39.1 Å². The van der Waals surface area contributed by atoms with Crippen molar-refractivity contribution < 1.29 is 4.79 Å². The zero-order chi connectivity index (χ0) is 16.7. The Labute approximate surface area is 162 Å². The number of guanidine groups is 1. The summed E-state index contributed by atoms with van der Waals surface area (Å²) in [7, 11) is 1.78. The Balaban J connectivity index is 0.00000288. The van der Waals surface area contributed by atoms with Crippen LogP contribution in [0.3, 0.4) is 0 Å². The molecule has 1 saturated heterocycles. The van der Waals surface area contributed by atoms with Crippen molar-refractivity contribution >= 4 is 35.8 Å². The number of hydrogen-bond acceptors (Lipinski definition) is 2. The van der Waals surface area contributed by atoms with E-state index in [9.17, 15) is 4.79 Å². The Kier molecular flexibility index (Phi) is 9.10. The third-order valence-corrected chi connectivity index (χ3v) is 4.32. The lowest BCUT2D eigenvalue weighted by molar-refractivity contribution is -0.128. The van der Waals surface area contributed by atoms with Gasteiger partial charge in [-0.2, -0.15) is 0 Å². The quantitative estimate of drug-likeness (QED) is 0.403. The van der Waals surface area contributed by atoms with E-state index >= 15 is 0 Å². The summed E-state index contributed by atoms with van der Waals surface area (Å²) in [4.78, 5) is 18.1. The molecule has 1 aromatic carbocycles. The van der Waals surface area contributed by atoms with Crippen molar-refractivity contribution in [2.75, 3.05) is 13.6 Å². The minimum Gasteiger partial charge on any atom is -0.354 e. The Morgan fingerprint density at radius 3 is 2.62 bits per heavy atom. The highest BCUT2D eigenvalue weighted by Gasteiger charge is 2.20. The molecule has 0 bridgehead atoms. The van der Waals surface area contributed by atoms with Gasteiger partial charge in [0.2, 0.25) is 5.91 Å². The number of likely N-dealkylation sites (tertiary alicyclic amines) is 1. The first-order chi connectivity index (χ1) is 11.1. The van der Waals surface area contributed by atoms with Crippen molar-refractivity contribution in [1.82, 2.24) is 15.5 Å². The number of benzene rings is 1. The summed E-state index contributed by atoms with van der Waals surface area (Å²) in [5, 5.41) is 6.72. The summed E-state index contributed by atoms with van der Waals surface area (Å²) in [6.45, 7) is 6.56. The van der Waals surface area contributed by atoms with Crippen molar-refractivity contribution in [1.29, 1.82) is 0 Å². The molecule has 0 spiro atoms. The van der Waals surface area contributed by atoms with Gasteiger partial charge in [-0.15, -0.1) is 24.0 Å². The van der Waals surface area contributed by atoms with E-state index in [-0.39, 0.29) is 29.9 Å². The van der Waals surface area contributed by atoms with Crippen molar-refractivity contribution in [3.63, 3.8) is 0 Å². The molecular weight excluding hydrogens is 415 g/mol. The molecule has 1 atom stereocenters. The second kappa shape index (κ2) is 10.5. The Morgan fingerprint density at radius 2 is 2.04 bits per heavy atom. The van der Waals surface area contributed by atoms with E-state index in [1.807, 2.05) is 17.0 Å². The van der Waals surface area contributed by atoms with Crippen molar-refractivity contribution in [2.45, 2.75) is 52.2 Å². The molecule has 0 saturated carbocycles. The highest BCUT2D eigenvalue weighted by Crippen LogP contribution is 2.17. The van der Waals surface area contributed by atoms with E-state index in [4.69, 9.17) is 0 Å². The van der Waals surface area contributed by atoms with Gasteiger partial charge in [-0.1, -0.05) is 31.2 Å². The van der Waals surface area contributed by atoms with Gasteiger partial charge in [0.1, 0.15) is 0 Å². The van der Waals surface area contributed by atoms with Crippen LogP contribution in [0, 0.1) is 0 Å². The second-order valence-corrected chi connectivity index (χ2v) is 6.07. The third-order valence-electron chi connectivity index (χ3n) is 4.32. The predicted molar refractivity (Wildman–Crippen MR) is 110 cm³/mol.